The molecule has 3 heterocycles. The summed E-state index contributed by atoms with van der Waals surface area (Å²) >= 11 is 0. The smallest absolute Gasteiger partial charge is 0.291 e. The van der Waals surface area contributed by atoms with Crippen LogP contribution in [0.5, 0.6) is 0 Å². The van der Waals surface area contributed by atoms with Crippen LogP contribution in [0.25, 0.3) is 11.0 Å². The molecule has 29 heavy (non-hydrogen) atoms. The van der Waals surface area contributed by atoms with Crippen molar-refractivity contribution in [3.05, 3.63) is 75.1 Å². The van der Waals surface area contributed by atoms with E-state index >= 15 is 0 Å². The number of aliphatic hydroxyl groups is 1. The molecule has 1 spiro atoms. The number of fused-ring (bicyclic) bond motifs is 5. The Morgan fingerprint density at radius 1 is 1.10 bits per heavy atom. The second-order valence-corrected chi connectivity index (χ2v) is 7.41. The SMILES string of the molecule is Cc1ccc2oc3c(c(=O)c2c1)[C@]1(C(=O)N(C)c2ccccc21)N(CCO)C3=O. The summed E-state index contributed by atoms with van der Waals surface area (Å²) in [6, 6.07) is 12.2. The maximum atomic E-state index is 13.6. The number of hydrogen-bond donors (Lipinski definition) is 1. The second kappa shape index (κ2) is 5.78. The number of aliphatic hydroxyl groups excluding tert-OH is 1. The minimum absolute atomic E-state index is 0.0239. The van der Waals surface area contributed by atoms with Gasteiger partial charge in [-0.1, -0.05) is 29.8 Å². The van der Waals surface area contributed by atoms with Crippen molar-refractivity contribution in [1.82, 2.24) is 4.90 Å². The Labute approximate surface area is 165 Å². The summed E-state index contributed by atoms with van der Waals surface area (Å²) in [5.74, 6) is -1.14. The van der Waals surface area contributed by atoms with Crippen molar-refractivity contribution in [2.45, 2.75) is 12.5 Å². The molecule has 1 atom stereocenters. The lowest BCUT2D eigenvalue weighted by atomic mass is 9.84. The van der Waals surface area contributed by atoms with E-state index in [4.69, 9.17) is 4.42 Å². The number of carbonyl (C=O) groups is 2. The number of aryl methyl sites for hydroxylation is 1. The standard InChI is InChI=1S/C22H18N2O5/c1-12-7-8-16-13(11-12)18(26)17-19(29-16)20(27)24(9-10-25)22(17)14-5-3-4-6-15(14)23(2)21(22)28/h3-8,11,25H,9-10H2,1-2H3/t22-/m1/s1. The van der Waals surface area contributed by atoms with Gasteiger partial charge in [0.1, 0.15) is 5.58 Å². The lowest BCUT2D eigenvalue weighted by Gasteiger charge is -2.33. The first-order valence-corrected chi connectivity index (χ1v) is 9.31. The molecule has 5 rings (SSSR count). The van der Waals surface area contributed by atoms with E-state index in [0.29, 0.717) is 22.2 Å². The Kier molecular flexibility index (Phi) is 3.51. The number of para-hydroxylation sites is 1. The summed E-state index contributed by atoms with van der Waals surface area (Å²) in [7, 11) is 1.61. The van der Waals surface area contributed by atoms with Crippen LogP contribution in [-0.2, 0) is 10.3 Å². The van der Waals surface area contributed by atoms with Gasteiger partial charge in [-0.25, -0.2) is 0 Å². The molecule has 2 aliphatic heterocycles. The molecule has 2 amide bonds. The van der Waals surface area contributed by atoms with E-state index in [2.05, 4.69) is 0 Å². The molecule has 3 aromatic rings. The zero-order valence-corrected chi connectivity index (χ0v) is 15.9. The van der Waals surface area contributed by atoms with E-state index in [1.54, 1.807) is 49.5 Å². The van der Waals surface area contributed by atoms with Crippen molar-refractivity contribution >= 4 is 28.5 Å². The number of carbonyl (C=O) groups excluding carboxylic acids is 2. The highest BCUT2D eigenvalue weighted by Crippen LogP contribution is 2.51. The Morgan fingerprint density at radius 3 is 2.62 bits per heavy atom. The van der Waals surface area contributed by atoms with Gasteiger partial charge in [-0.2, -0.15) is 0 Å². The molecule has 146 valence electrons. The van der Waals surface area contributed by atoms with Crippen LogP contribution in [-0.4, -0.2) is 42.0 Å². The average Bonchev–Trinajstić information content (AvgIpc) is 3.09. The predicted octanol–water partition coefficient (Wildman–Crippen LogP) is 1.77. The Hall–Kier alpha value is -3.45. The molecule has 0 fully saturated rings. The highest BCUT2D eigenvalue weighted by Gasteiger charge is 2.64. The number of benzene rings is 2. The van der Waals surface area contributed by atoms with Gasteiger partial charge in [-0.05, 0) is 25.1 Å². The zero-order valence-electron chi connectivity index (χ0n) is 15.9. The number of amides is 2. The van der Waals surface area contributed by atoms with E-state index in [0.717, 1.165) is 5.56 Å². The van der Waals surface area contributed by atoms with Gasteiger partial charge in [0.2, 0.25) is 5.76 Å². The zero-order chi connectivity index (χ0) is 20.5. The number of anilines is 1. The minimum atomic E-state index is -1.64. The highest BCUT2D eigenvalue weighted by atomic mass is 16.3. The van der Waals surface area contributed by atoms with Crippen molar-refractivity contribution in [3.8, 4) is 0 Å². The van der Waals surface area contributed by atoms with Gasteiger partial charge in [0, 0.05) is 24.8 Å². The Bertz CT molecular complexity index is 1280. The van der Waals surface area contributed by atoms with Crippen LogP contribution < -0.4 is 10.3 Å². The van der Waals surface area contributed by atoms with Gasteiger partial charge in [0.25, 0.3) is 11.8 Å². The molecule has 7 nitrogen and oxygen atoms in total. The second-order valence-electron chi connectivity index (χ2n) is 7.41. The minimum Gasteiger partial charge on any atom is -0.450 e. The normalized spacial score (nSPS) is 20.1. The van der Waals surface area contributed by atoms with Crippen LogP contribution >= 0.6 is 0 Å². The summed E-state index contributed by atoms with van der Waals surface area (Å²) in [5.41, 5.74) is 0.288. The van der Waals surface area contributed by atoms with Crippen LogP contribution in [0, 0.1) is 6.92 Å². The van der Waals surface area contributed by atoms with Gasteiger partial charge in [0.15, 0.2) is 11.0 Å². The lowest BCUT2D eigenvalue weighted by Crippen LogP contribution is -2.53. The maximum absolute atomic E-state index is 13.6. The van der Waals surface area contributed by atoms with Crippen LogP contribution in [0.2, 0.25) is 0 Å². The molecular formula is C22H18N2O5. The highest BCUT2D eigenvalue weighted by molar-refractivity contribution is 6.16. The van der Waals surface area contributed by atoms with Crippen molar-refractivity contribution in [2.24, 2.45) is 0 Å². The number of hydrogen-bond acceptors (Lipinski definition) is 5. The number of nitrogens with zero attached hydrogens (tertiary/aromatic N) is 2. The molecule has 0 unspecified atom stereocenters. The lowest BCUT2D eigenvalue weighted by molar-refractivity contribution is -0.125. The van der Waals surface area contributed by atoms with Crippen molar-refractivity contribution in [1.29, 1.82) is 0 Å². The fourth-order valence-corrected chi connectivity index (χ4v) is 4.61. The van der Waals surface area contributed by atoms with Crippen LogP contribution in [0.4, 0.5) is 5.69 Å². The molecule has 1 N–H and O–H groups in total. The summed E-state index contributed by atoms with van der Waals surface area (Å²) in [5, 5.41) is 9.96. The van der Waals surface area contributed by atoms with Crippen molar-refractivity contribution < 1.29 is 19.1 Å². The summed E-state index contributed by atoms with van der Waals surface area (Å²) < 4.78 is 5.87. The third-order valence-corrected chi connectivity index (χ3v) is 5.84. The van der Waals surface area contributed by atoms with Crippen LogP contribution in [0.3, 0.4) is 0 Å². The predicted molar refractivity (Wildman–Crippen MR) is 106 cm³/mol. The van der Waals surface area contributed by atoms with E-state index < -0.39 is 22.8 Å². The number of likely N-dealkylation sites (N-methyl/N-ethyl adjacent to an activating group) is 1. The first kappa shape index (κ1) is 17.6. The van der Waals surface area contributed by atoms with E-state index in [1.807, 2.05) is 6.92 Å². The molecule has 0 saturated heterocycles. The quantitative estimate of drug-likeness (QED) is 0.720. The van der Waals surface area contributed by atoms with Crippen LogP contribution in [0.1, 0.15) is 27.2 Å². The van der Waals surface area contributed by atoms with Gasteiger partial charge in [-0.3, -0.25) is 14.4 Å². The third kappa shape index (κ3) is 1.97. The Balaban J connectivity index is 1.96. The Morgan fingerprint density at radius 2 is 1.86 bits per heavy atom. The molecule has 2 aromatic carbocycles. The molecule has 0 saturated carbocycles. The number of β-amino-alcohol motifs (C(OH)–C–C–N with tert-alkyl or cyclic N) is 1. The topological polar surface area (TPSA) is 91.1 Å². The van der Waals surface area contributed by atoms with E-state index in [1.165, 1.54) is 9.80 Å². The van der Waals surface area contributed by atoms with E-state index in [-0.39, 0.29) is 24.5 Å². The van der Waals surface area contributed by atoms with E-state index in [9.17, 15) is 19.5 Å². The molecule has 0 bridgehead atoms. The molecular weight excluding hydrogens is 372 g/mol. The largest absolute Gasteiger partial charge is 0.450 e. The molecule has 0 aliphatic carbocycles. The van der Waals surface area contributed by atoms with Gasteiger partial charge >= 0.3 is 0 Å². The third-order valence-electron chi connectivity index (χ3n) is 5.84. The summed E-state index contributed by atoms with van der Waals surface area (Å²) in [4.78, 5) is 43.2. The maximum Gasteiger partial charge on any atom is 0.291 e. The molecule has 2 aliphatic rings. The first-order valence-electron chi connectivity index (χ1n) is 9.31. The molecule has 0 radical (unpaired) electrons. The van der Waals surface area contributed by atoms with Gasteiger partial charge in [0.05, 0.1) is 17.6 Å². The summed E-state index contributed by atoms with van der Waals surface area (Å²) in [6.07, 6.45) is 0. The number of rotatable bonds is 2. The average molecular weight is 390 g/mol. The molecule has 1 aromatic heterocycles. The van der Waals surface area contributed by atoms with Gasteiger partial charge in [-0.15, -0.1) is 0 Å². The van der Waals surface area contributed by atoms with Crippen molar-refractivity contribution in [2.75, 3.05) is 25.1 Å². The van der Waals surface area contributed by atoms with Gasteiger partial charge < -0.3 is 19.3 Å². The fraction of sp³-hybridized carbons (Fsp3) is 0.227. The summed E-state index contributed by atoms with van der Waals surface area (Å²) in [6.45, 7) is 1.40. The monoisotopic (exact) mass is 390 g/mol. The first-order chi connectivity index (χ1) is 13.9. The van der Waals surface area contributed by atoms with Crippen LogP contribution in [0.15, 0.2) is 51.7 Å². The fourth-order valence-electron chi connectivity index (χ4n) is 4.61. The molecule has 7 heteroatoms. The van der Waals surface area contributed by atoms with Crippen molar-refractivity contribution in [3.63, 3.8) is 0 Å².